The number of hydrogen-bond donors (Lipinski definition) is 1. The summed E-state index contributed by atoms with van der Waals surface area (Å²) in [4.78, 5) is 11.5. The summed E-state index contributed by atoms with van der Waals surface area (Å²) in [5.74, 6) is 0.621. The van der Waals surface area contributed by atoms with Crippen LogP contribution in [-0.2, 0) is 17.7 Å². The van der Waals surface area contributed by atoms with E-state index in [0.717, 1.165) is 12.0 Å². The third-order valence-electron chi connectivity index (χ3n) is 2.24. The number of ether oxygens (including phenoxy) is 1. The Hall–Kier alpha value is -1.22. The molecule has 1 aromatic carbocycles. The van der Waals surface area contributed by atoms with Gasteiger partial charge in [0, 0.05) is 12.4 Å². The summed E-state index contributed by atoms with van der Waals surface area (Å²) in [5.41, 5.74) is 1.78. The van der Waals surface area contributed by atoms with Crippen LogP contribution in [0.4, 0.5) is 4.79 Å². The van der Waals surface area contributed by atoms with Gasteiger partial charge in [0.15, 0.2) is 0 Å². The normalized spacial score (nSPS) is 11.1. The second-order valence-electron chi connectivity index (χ2n) is 5.11. The summed E-state index contributed by atoms with van der Waals surface area (Å²) < 4.78 is 5.15. The van der Waals surface area contributed by atoms with Crippen molar-refractivity contribution in [3.8, 4) is 0 Å². The molecule has 3 nitrogen and oxygen atoms in total. The minimum Gasteiger partial charge on any atom is -0.444 e. The van der Waals surface area contributed by atoms with E-state index in [-0.39, 0.29) is 0 Å². The Balaban J connectivity index is 2.41. The van der Waals surface area contributed by atoms with Crippen LogP contribution < -0.4 is 5.32 Å². The Bertz CT molecular complexity index is 382. The summed E-state index contributed by atoms with van der Waals surface area (Å²) >= 11 is 5.67. The molecule has 0 saturated heterocycles. The molecule has 0 heterocycles. The standard InChI is InChI=1S/C14H20ClNO2/c1-14(2,3)18-13(17)16-10-12-6-4-11(5-7-12)8-9-15/h4-7H,8-10H2,1-3H3,(H,16,17). The highest BCUT2D eigenvalue weighted by Gasteiger charge is 2.15. The van der Waals surface area contributed by atoms with E-state index in [2.05, 4.69) is 5.32 Å². The molecule has 4 heteroatoms. The highest BCUT2D eigenvalue weighted by atomic mass is 35.5. The van der Waals surface area contributed by atoms with Gasteiger partial charge in [-0.2, -0.15) is 0 Å². The molecular weight excluding hydrogens is 250 g/mol. The van der Waals surface area contributed by atoms with Gasteiger partial charge < -0.3 is 10.1 Å². The minimum atomic E-state index is -0.464. The number of amides is 1. The summed E-state index contributed by atoms with van der Waals surface area (Å²) in [6.45, 7) is 5.99. The van der Waals surface area contributed by atoms with Gasteiger partial charge in [-0.05, 0) is 38.3 Å². The molecule has 1 amide bonds. The predicted molar refractivity (Wildman–Crippen MR) is 73.9 cm³/mol. The van der Waals surface area contributed by atoms with E-state index in [1.165, 1.54) is 5.56 Å². The molecule has 1 rings (SSSR count). The third-order valence-corrected chi connectivity index (χ3v) is 2.43. The van der Waals surface area contributed by atoms with E-state index in [9.17, 15) is 4.79 Å². The molecule has 0 atom stereocenters. The van der Waals surface area contributed by atoms with Gasteiger partial charge in [-0.15, -0.1) is 11.6 Å². The van der Waals surface area contributed by atoms with Crippen LogP contribution in [0, 0.1) is 0 Å². The fraction of sp³-hybridized carbons (Fsp3) is 0.500. The number of alkyl carbamates (subject to hydrolysis) is 1. The average Bonchev–Trinajstić information content (AvgIpc) is 2.26. The Morgan fingerprint density at radius 1 is 1.22 bits per heavy atom. The van der Waals surface area contributed by atoms with Crippen LogP contribution in [0.25, 0.3) is 0 Å². The predicted octanol–water partition coefficient (Wildman–Crippen LogP) is 3.49. The minimum absolute atomic E-state index is 0.396. The van der Waals surface area contributed by atoms with Crippen molar-refractivity contribution in [3.05, 3.63) is 35.4 Å². The van der Waals surface area contributed by atoms with Gasteiger partial charge in [0.25, 0.3) is 0 Å². The van der Waals surface area contributed by atoms with Gasteiger partial charge in [0.1, 0.15) is 5.60 Å². The van der Waals surface area contributed by atoms with E-state index in [4.69, 9.17) is 16.3 Å². The van der Waals surface area contributed by atoms with Gasteiger partial charge >= 0.3 is 6.09 Å². The molecule has 0 aromatic heterocycles. The van der Waals surface area contributed by atoms with Crippen LogP contribution >= 0.6 is 11.6 Å². The van der Waals surface area contributed by atoms with Crippen molar-refractivity contribution < 1.29 is 9.53 Å². The van der Waals surface area contributed by atoms with Crippen molar-refractivity contribution in [2.75, 3.05) is 5.88 Å². The number of alkyl halides is 1. The molecule has 0 aliphatic rings. The van der Waals surface area contributed by atoms with E-state index in [0.29, 0.717) is 12.4 Å². The molecule has 100 valence electrons. The number of aryl methyl sites for hydroxylation is 1. The molecule has 0 spiro atoms. The molecular formula is C14H20ClNO2. The van der Waals surface area contributed by atoms with Crippen molar-refractivity contribution in [1.29, 1.82) is 0 Å². The second-order valence-corrected chi connectivity index (χ2v) is 5.49. The maximum atomic E-state index is 11.5. The summed E-state index contributed by atoms with van der Waals surface area (Å²) in [6.07, 6.45) is 0.466. The number of rotatable bonds is 4. The van der Waals surface area contributed by atoms with Crippen molar-refractivity contribution in [2.24, 2.45) is 0 Å². The zero-order valence-electron chi connectivity index (χ0n) is 11.1. The van der Waals surface area contributed by atoms with Crippen LogP contribution in [0.2, 0.25) is 0 Å². The van der Waals surface area contributed by atoms with Gasteiger partial charge in [-0.1, -0.05) is 24.3 Å². The molecule has 0 bridgehead atoms. The van der Waals surface area contributed by atoms with Gasteiger partial charge in [-0.25, -0.2) is 4.79 Å². The van der Waals surface area contributed by atoms with Crippen molar-refractivity contribution in [1.82, 2.24) is 5.32 Å². The quantitative estimate of drug-likeness (QED) is 0.850. The first-order valence-electron chi connectivity index (χ1n) is 6.01. The highest BCUT2D eigenvalue weighted by molar-refractivity contribution is 6.17. The highest BCUT2D eigenvalue weighted by Crippen LogP contribution is 2.08. The lowest BCUT2D eigenvalue weighted by Gasteiger charge is -2.19. The number of benzene rings is 1. The monoisotopic (exact) mass is 269 g/mol. The van der Waals surface area contributed by atoms with Crippen LogP contribution in [0.5, 0.6) is 0 Å². The number of carbonyl (C=O) groups excluding carboxylic acids is 1. The molecule has 0 unspecified atom stereocenters. The Morgan fingerprint density at radius 3 is 2.28 bits per heavy atom. The number of carbonyl (C=O) groups is 1. The smallest absolute Gasteiger partial charge is 0.407 e. The van der Waals surface area contributed by atoms with Gasteiger partial charge in [-0.3, -0.25) is 0 Å². The second kappa shape index (κ2) is 6.64. The largest absolute Gasteiger partial charge is 0.444 e. The number of nitrogens with one attached hydrogen (secondary N) is 1. The number of hydrogen-bond acceptors (Lipinski definition) is 2. The van der Waals surface area contributed by atoms with E-state index >= 15 is 0 Å². The van der Waals surface area contributed by atoms with Crippen molar-refractivity contribution in [3.63, 3.8) is 0 Å². The molecule has 1 N–H and O–H groups in total. The molecule has 0 aliphatic carbocycles. The van der Waals surface area contributed by atoms with Crippen LogP contribution in [0.3, 0.4) is 0 Å². The fourth-order valence-corrected chi connectivity index (χ4v) is 1.64. The SMILES string of the molecule is CC(C)(C)OC(=O)NCc1ccc(CCCl)cc1. The first-order chi connectivity index (χ1) is 8.40. The van der Waals surface area contributed by atoms with E-state index in [1.807, 2.05) is 45.0 Å². The summed E-state index contributed by atoms with van der Waals surface area (Å²) in [6, 6.07) is 8.02. The fourth-order valence-electron chi connectivity index (χ4n) is 1.42. The van der Waals surface area contributed by atoms with Gasteiger partial charge in [0.2, 0.25) is 0 Å². The lowest BCUT2D eigenvalue weighted by Crippen LogP contribution is -2.32. The summed E-state index contributed by atoms with van der Waals surface area (Å²) in [7, 11) is 0. The maximum Gasteiger partial charge on any atom is 0.407 e. The van der Waals surface area contributed by atoms with Crippen LogP contribution in [0.1, 0.15) is 31.9 Å². The first-order valence-corrected chi connectivity index (χ1v) is 6.55. The lowest BCUT2D eigenvalue weighted by atomic mass is 10.1. The molecule has 0 fully saturated rings. The van der Waals surface area contributed by atoms with Crippen LogP contribution in [-0.4, -0.2) is 17.6 Å². The summed E-state index contributed by atoms with van der Waals surface area (Å²) in [5, 5.41) is 2.72. The topological polar surface area (TPSA) is 38.3 Å². The zero-order chi connectivity index (χ0) is 13.6. The molecule has 1 aromatic rings. The van der Waals surface area contributed by atoms with E-state index in [1.54, 1.807) is 0 Å². The average molecular weight is 270 g/mol. The Morgan fingerprint density at radius 2 is 1.78 bits per heavy atom. The molecule has 0 radical (unpaired) electrons. The molecule has 0 saturated carbocycles. The third kappa shape index (κ3) is 5.92. The van der Waals surface area contributed by atoms with E-state index < -0.39 is 11.7 Å². The Labute approximate surface area is 113 Å². The molecule has 0 aliphatic heterocycles. The zero-order valence-corrected chi connectivity index (χ0v) is 11.9. The van der Waals surface area contributed by atoms with Crippen molar-refractivity contribution >= 4 is 17.7 Å². The number of halogens is 1. The van der Waals surface area contributed by atoms with Crippen LogP contribution in [0.15, 0.2) is 24.3 Å². The Kier molecular flexibility index (Phi) is 5.48. The lowest BCUT2D eigenvalue weighted by molar-refractivity contribution is 0.0523. The first kappa shape index (κ1) is 14.8. The van der Waals surface area contributed by atoms with Crippen molar-refractivity contribution in [2.45, 2.75) is 39.3 Å². The molecule has 18 heavy (non-hydrogen) atoms. The maximum absolute atomic E-state index is 11.5. The van der Waals surface area contributed by atoms with Gasteiger partial charge in [0.05, 0.1) is 0 Å².